The molecule has 0 radical (unpaired) electrons. The Morgan fingerprint density at radius 1 is 1.12 bits per heavy atom. The van der Waals surface area contributed by atoms with Crippen LogP contribution >= 0.6 is 0 Å². The molecule has 1 aromatic heterocycles. The van der Waals surface area contributed by atoms with Crippen molar-refractivity contribution >= 4 is 23.3 Å². The Bertz CT molecular complexity index is 849. The molecule has 0 bridgehead atoms. The van der Waals surface area contributed by atoms with E-state index in [-0.39, 0.29) is 23.8 Å². The molecule has 2 heterocycles. The minimum absolute atomic E-state index is 0.0594. The van der Waals surface area contributed by atoms with Gasteiger partial charge in [-0.05, 0) is 38.0 Å². The number of pyridine rings is 1. The van der Waals surface area contributed by atoms with Crippen molar-refractivity contribution in [2.45, 2.75) is 32.7 Å². The maximum atomic E-state index is 12.8. The van der Waals surface area contributed by atoms with Gasteiger partial charge in [-0.15, -0.1) is 0 Å². The van der Waals surface area contributed by atoms with Gasteiger partial charge in [0.2, 0.25) is 17.7 Å². The lowest BCUT2D eigenvalue weighted by molar-refractivity contribution is -0.120. The number of ether oxygens (including phenoxy) is 1. The minimum atomic E-state index is -0.0922. The van der Waals surface area contributed by atoms with E-state index >= 15 is 0 Å². The summed E-state index contributed by atoms with van der Waals surface area (Å²) in [7, 11) is 0. The minimum Gasteiger partial charge on any atom is -0.439 e. The number of para-hydroxylation sites is 1. The summed E-state index contributed by atoms with van der Waals surface area (Å²) in [6, 6.07) is 12.8. The molecule has 0 saturated heterocycles. The van der Waals surface area contributed by atoms with E-state index in [9.17, 15) is 9.59 Å². The summed E-state index contributed by atoms with van der Waals surface area (Å²) in [5.41, 5.74) is 0.658. The first kappa shape index (κ1) is 16.6. The second-order valence-corrected chi connectivity index (χ2v) is 6.87. The summed E-state index contributed by atoms with van der Waals surface area (Å²) in [5, 5.41) is 0. The Balaban J connectivity index is 1.73. The molecular formula is C20H21N3O3. The zero-order valence-corrected chi connectivity index (χ0v) is 14.9. The summed E-state index contributed by atoms with van der Waals surface area (Å²) < 4.78 is 5.82. The normalized spacial score (nSPS) is 19.1. The van der Waals surface area contributed by atoms with Gasteiger partial charge in [0.05, 0.1) is 11.7 Å². The molecule has 1 aromatic carbocycles. The molecule has 26 heavy (non-hydrogen) atoms. The van der Waals surface area contributed by atoms with E-state index in [4.69, 9.17) is 4.74 Å². The maximum Gasteiger partial charge on any atom is 0.231 e. The lowest BCUT2D eigenvalue weighted by atomic mass is 10.1. The average Bonchev–Trinajstić information content (AvgIpc) is 3.46. The van der Waals surface area contributed by atoms with E-state index in [0.29, 0.717) is 29.7 Å². The Kier molecular flexibility index (Phi) is 4.11. The lowest BCUT2D eigenvalue weighted by Crippen LogP contribution is -2.52. The first-order valence-corrected chi connectivity index (χ1v) is 8.89. The van der Waals surface area contributed by atoms with Crippen molar-refractivity contribution in [2.75, 3.05) is 16.3 Å². The quantitative estimate of drug-likeness (QED) is 0.850. The van der Waals surface area contributed by atoms with Crippen LogP contribution in [0.2, 0.25) is 0 Å². The van der Waals surface area contributed by atoms with Crippen molar-refractivity contribution in [2.24, 2.45) is 5.92 Å². The monoisotopic (exact) mass is 351 g/mol. The Morgan fingerprint density at radius 2 is 1.85 bits per heavy atom. The summed E-state index contributed by atoms with van der Waals surface area (Å²) >= 11 is 0. The molecule has 1 fully saturated rings. The highest BCUT2D eigenvalue weighted by atomic mass is 16.5. The Hall–Kier alpha value is -2.89. The molecule has 1 aliphatic carbocycles. The first-order chi connectivity index (χ1) is 12.5. The van der Waals surface area contributed by atoms with Crippen LogP contribution in [0.5, 0.6) is 11.6 Å². The molecule has 1 unspecified atom stereocenters. The number of hydrogen-bond acceptors (Lipinski definition) is 4. The van der Waals surface area contributed by atoms with Gasteiger partial charge < -0.3 is 9.64 Å². The molecule has 2 aliphatic rings. The van der Waals surface area contributed by atoms with Crippen LogP contribution in [0.25, 0.3) is 0 Å². The summed E-state index contributed by atoms with van der Waals surface area (Å²) in [4.78, 5) is 32.9. The molecule has 0 N–H and O–H groups in total. The first-order valence-electron chi connectivity index (χ1n) is 8.89. The van der Waals surface area contributed by atoms with Gasteiger partial charge in [-0.1, -0.05) is 18.2 Å². The van der Waals surface area contributed by atoms with Crippen molar-refractivity contribution in [1.82, 2.24) is 4.98 Å². The molecule has 1 saturated carbocycles. The molecule has 6 heteroatoms. The molecule has 4 rings (SSSR count). The SMILES string of the molecule is CC(=O)N1c2ccc(Oc3ccccc3)nc2N(C(=O)C2CC2)CC1C. The number of benzene rings is 1. The van der Waals surface area contributed by atoms with E-state index in [2.05, 4.69) is 4.98 Å². The standard InChI is InChI=1S/C20H21N3O3/c1-13-12-22(20(25)15-8-9-15)19-17(23(13)14(2)24)10-11-18(21-19)26-16-6-4-3-5-7-16/h3-7,10-11,13,15H,8-9,12H2,1-2H3. The van der Waals surface area contributed by atoms with Crippen LogP contribution in [-0.4, -0.2) is 29.4 Å². The number of anilines is 2. The lowest BCUT2D eigenvalue weighted by Gasteiger charge is -2.40. The molecule has 1 atom stereocenters. The van der Waals surface area contributed by atoms with Crippen LogP contribution < -0.4 is 14.5 Å². The Morgan fingerprint density at radius 3 is 2.50 bits per heavy atom. The van der Waals surface area contributed by atoms with Crippen molar-refractivity contribution in [3.63, 3.8) is 0 Å². The van der Waals surface area contributed by atoms with Crippen molar-refractivity contribution in [3.8, 4) is 11.6 Å². The molecule has 6 nitrogen and oxygen atoms in total. The second-order valence-electron chi connectivity index (χ2n) is 6.87. The summed E-state index contributed by atoms with van der Waals surface area (Å²) in [6.07, 6.45) is 1.85. The van der Waals surface area contributed by atoms with Gasteiger partial charge in [0.15, 0.2) is 5.82 Å². The number of carbonyl (C=O) groups is 2. The molecular weight excluding hydrogens is 330 g/mol. The van der Waals surface area contributed by atoms with Crippen LogP contribution in [0.15, 0.2) is 42.5 Å². The van der Waals surface area contributed by atoms with E-state index in [1.165, 1.54) is 6.92 Å². The van der Waals surface area contributed by atoms with Gasteiger partial charge in [0, 0.05) is 25.5 Å². The number of nitrogens with zero attached hydrogens (tertiary/aromatic N) is 3. The molecule has 134 valence electrons. The molecule has 1 aliphatic heterocycles. The second kappa shape index (κ2) is 6.44. The van der Waals surface area contributed by atoms with E-state index < -0.39 is 0 Å². The zero-order chi connectivity index (χ0) is 18.3. The number of rotatable bonds is 3. The molecule has 0 spiro atoms. The highest BCUT2D eigenvalue weighted by Crippen LogP contribution is 2.40. The van der Waals surface area contributed by atoms with E-state index in [1.54, 1.807) is 15.9 Å². The topological polar surface area (TPSA) is 62.7 Å². The van der Waals surface area contributed by atoms with Crippen molar-refractivity contribution < 1.29 is 14.3 Å². The number of fused-ring (bicyclic) bond motifs is 1. The van der Waals surface area contributed by atoms with Crippen LogP contribution in [0, 0.1) is 5.92 Å². The maximum absolute atomic E-state index is 12.8. The predicted octanol–water partition coefficient (Wildman–Crippen LogP) is 3.37. The van der Waals surface area contributed by atoms with Gasteiger partial charge in [-0.25, -0.2) is 0 Å². The Labute approximate surface area is 152 Å². The van der Waals surface area contributed by atoms with Gasteiger partial charge in [-0.3, -0.25) is 14.5 Å². The van der Waals surface area contributed by atoms with Crippen LogP contribution in [0.4, 0.5) is 11.5 Å². The summed E-state index contributed by atoms with van der Waals surface area (Å²) in [6.45, 7) is 3.93. The highest BCUT2D eigenvalue weighted by molar-refractivity contribution is 6.04. The summed E-state index contributed by atoms with van der Waals surface area (Å²) in [5.74, 6) is 1.69. The fraction of sp³-hybridized carbons (Fsp3) is 0.350. The van der Waals surface area contributed by atoms with E-state index in [1.807, 2.05) is 43.3 Å². The third kappa shape index (κ3) is 3.03. The third-order valence-electron chi connectivity index (χ3n) is 4.73. The van der Waals surface area contributed by atoms with Crippen LogP contribution in [0.1, 0.15) is 26.7 Å². The van der Waals surface area contributed by atoms with Crippen molar-refractivity contribution in [1.29, 1.82) is 0 Å². The number of hydrogen-bond donors (Lipinski definition) is 0. The number of carbonyl (C=O) groups excluding carboxylic acids is 2. The average molecular weight is 351 g/mol. The van der Waals surface area contributed by atoms with Gasteiger partial charge in [-0.2, -0.15) is 4.98 Å². The smallest absolute Gasteiger partial charge is 0.231 e. The fourth-order valence-corrected chi connectivity index (χ4v) is 3.37. The largest absolute Gasteiger partial charge is 0.439 e. The fourth-order valence-electron chi connectivity index (χ4n) is 3.37. The van der Waals surface area contributed by atoms with Crippen LogP contribution in [0.3, 0.4) is 0 Å². The van der Waals surface area contributed by atoms with Crippen LogP contribution in [-0.2, 0) is 9.59 Å². The number of aromatic nitrogens is 1. The van der Waals surface area contributed by atoms with Crippen molar-refractivity contribution in [3.05, 3.63) is 42.5 Å². The van der Waals surface area contributed by atoms with Gasteiger partial charge in [0.1, 0.15) is 5.75 Å². The van der Waals surface area contributed by atoms with Gasteiger partial charge >= 0.3 is 0 Å². The molecule has 2 aromatic rings. The molecule has 2 amide bonds. The number of amides is 2. The highest BCUT2D eigenvalue weighted by Gasteiger charge is 2.40. The predicted molar refractivity (Wildman–Crippen MR) is 98.5 cm³/mol. The van der Waals surface area contributed by atoms with Gasteiger partial charge in [0.25, 0.3) is 0 Å². The zero-order valence-electron chi connectivity index (χ0n) is 14.9. The third-order valence-corrected chi connectivity index (χ3v) is 4.73. The van der Waals surface area contributed by atoms with E-state index in [0.717, 1.165) is 12.8 Å².